The standard InChI is InChI=1S/C11H17N5O.HI/c1-4-5-13-11(12-2)14-7-10(17)9-6-15-16(3)8-9;/h1,6,8,10,17H,5,7H2,2-3H3,(H2,12,13,14);1H. The first-order valence-corrected chi connectivity index (χ1v) is 5.22. The Balaban J connectivity index is 0.00000289. The van der Waals surface area contributed by atoms with E-state index >= 15 is 0 Å². The molecule has 18 heavy (non-hydrogen) atoms. The van der Waals surface area contributed by atoms with Gasteiger partial charge in [0, 0.05) is 32.4 Å². The van der Waals surface area contributed by atoms with Crippen molar-refractivity contribution in [3.05, 3.63) is 18.0 Å². The second kappa shape index (κ2) is 8.77. The lowest BCUT2D eigenvalue weighted by Gasteiger charge is -2.13. The van der Waals surface area contributed by atoms with Gasteiger partial charge in [0.25, 0.3) is 0 Å². The minimum atomic E-state index is -0.631. The van der Waals surface area contributed by atoms with Gasteiger partial charge in [0.2, 0.25) is 0 Å². The number of hydrogen-bond donors (Lipinski definition) is 3. The summed E-state index contributed by atoms with van der Waals surface area (Å²) in [5.74, 6) is 3.01. The molecule has 0 radical (unpaired) electrons. The summed E-state index contributed by atoms with van der Waals surface area (Å²) in [6.07, 6.45) is 7.89. The fourth-order valence-electron chi connectivity index (χ4n) is 1.28. The average Bonchev–Trinajstić information content (AvgIpc) is 2.76. The van der Waals surface area contributed by atoms with Crippen LogP contribution in [0.5, 0.6) is 0 Å². The zero-order chi connectivity index (χ0) is 12.7. The smallest absolute Gasteiger partial charge is 0.191 e. The van der Waals surface area contributed by atoms with Gasteiger partial charge in [-0.05, 0) is 0 Å². The Morgan fingerprint density at radius 2 is 2.39 bits per heavy atom. The van der Waals surface area contributed by atoms with Crippen molar-refractivity contribution < 1.29 is 5.11 Å². The van der Waals surface area contributed by atoms with Crippen LogP contribution < -0.4 is 10.6 Å². The zero-order valence-corrected chi connectivity index (χ0v) is 12.8. The van der Waals surface area contributed by atoms with Gasteiger partial charge in [-0.1, -0.05) is 5.92 Å². The lowest BCUT2D eigenvalue weighted by atomic mass is 10.2. The van der Waals surface area contributed by atoms with E-state index in [0.29, 0.717) is 19.0 Å². The van der Waals surface area contributed by atoms with Crippen LogP contribution in [0.15, 0.2) is 17.4 Å². The molecule has 6 nitrogen and oxygen atoms in total. The predicted molar refractivity (Wildman–Crippen MR) is 81.8 cm³/mol. The van der Waals surface area contributed by atoms with E-state index in [0.717, 1.165) is 5.56 Å². The second-order valence-corrected chi connectivity index (χ2v) is 3.47. The molecule has 0 aliphatic heterocycles. The average molecular weight is 363 g/mol. The van der Waals surface area contributed by atoms with Crippen LogP contribution in [0.3, 0.4) is 0 Å². The number of aliphatic hydroxyl groups is 1. The molecule has 0 saturated heterocycles. The first-order valence-electron chi connectivity index (χ1n) is 5.22. The number of aliphatic hydroxyl groups excluding tert-OH is 1. The molecule has 0 aliphatic carbocycles. The van der Waals surface area contributed by atoms with E-state index in [9.17, 15) is 5.11 Å². The van der Waals surface area contributed by atoms with Crippen LogP contribution in [-0.2, 0) is 7.05 Å². The van der Waals surface area contributed by atoms with Crippen molar-refractivity contribution >= 4 is 29.9 Å². The molecule has 0 bridgehead atoms. The number of nitrogens with one attached hydrogen (secondary N) is 2. The fourth-order valence-corrected chi connectivity index (χ4v) is 1.28. The number of aromatic nitrogens is 2. The van der Waals surface area contributed by atoms with Gasteiger partial charge in [-0.2, -0.15) is 5.10 Å². The molecule has 0 aliphatic rings. The van der Waals surface area contributed by atoms with Gasteiger partial charge < -0.3 is 15.7 Å². The summed E-state index contributed by atoms with van der Waals surface area (Å²) in [7, 11) is 3.44. The highest BCUT2D eigenvalue weighted by Crippen LogP contribution is 2.09. The van der Waals surface area contributed by atoms with Crippen LogP contribution in [0.2, 0.25) is 0 Å². The summed E-state index contributed by atoms with van der Waals surface area (Å²) >= 11 is 0. The maximum absolute atomic E-state index is 9.86. The SMILES string of the molecule is C#CCNC(=NC)NCC(O)c1cnn(C)c1.I. The Labute approximate surface area is 124 Å². The van der Waals surface area contributed by atoms with E-state index in [1.165, 1.54) is 0 Å². The van der Waals surface area contributed by atoms with E-state index in [4.69, 9.17) is 6.42 Å². The molecular formula is C11H18IN5O. The van der Waals surface area contributed by atoms with Crippen molar-refractivity contribution in [1.82, 2.24) is 20.4 Å². The van der Waals surface area contributed by atoms with Crippen LogP contribution in [0.1, 0.15) is 11.7 Å². The van der Waals surface area contributed by atoms with Gasteiger partial charge in [0.1, 0.15) is 0 Å². The Hall–Kier alpha value is -1.27. The fraction of sp³-hybridized carbons (Fsp3) is 0.455. The molecule has 1 unspecified atom stereocenters. The van der Waals surface area contributed by atoms with Gasteiger partial charge in [-0.15, -0.1) is 30.4 Å². The lowest BCUT2D eigenvalue weighted by Crippen LogP contribution is -2.39. The molecule has 0 saturated carbocycles. The third-order valence-electron chi connectivity index (χ3n) is 2.15. The largest absolute Gasteiger partial charge is 0.386 e. The minimum Gasteiger partial charge on any atom is -0.386 e. The maximum Gasteiger partial charge on any atom is 0.191 e. The van der Waals surface area contributed by atoms with Crippen LogP contribution >= 0.6 is 24.0 Å². The van der Waals surface area contributed by atoms with Gasteiger partial charge in [-0.3, -0.25) is 9.67 Å². The molecule has 0 fully saturated rings. The molecule has 0 spiro atoms. The van der Waals surface area contributed by atoms with E-state index in [2.05, 4.69) is 26.6 Å². The molecule has 0 amide bonds. The Bertz CT molecular complexity index is 423. The monoisotopic (exact) mass is 363 g/mol. The van der Waals surface area contributed by atoms with E-state index < -0.39 is 6.10 Å². The number of terminal acetylenes is 1. The molecule has 1 aromatic rings. The number of rotatable bonds is 4. The van der Waals surface area contributed by atoms with Crippen LogP contribution in [0.4, 0.5) is 0 Å². The molecular weight excluding hydrogens is 345 g/mol. The number of halogens is 1. The van der Waals surface area contributed by atoms with Gasteiger partial charge in [0.15, 0.2) is 5.96 Å². The zero-order valence-electron chi connectivity index (χ0n) is 10.4. The molecule has 1 aromatic heterocycles. The topological polar surface area (TPSA) is 74.5 Å². The maximum atomic E-state index is 9.86. The predicted octanol–water partition coefficient (Wildman–Crippen LogP) is -0.130. The Kier molecular flexibility index (Phi) is 8.15. The van der Waals surface area contributed by atoms with Gasteiger partial charge in [-0.25, -0.2) is 0 Å². The molecule has 100 valence electrons. The van der Waals surface area contributed by atoms with E-state index in [1.807, 2.05) is 0 Å². The minimum absolute atomic E-state index is 0. The summed E-state index contributed by atoms with van der Waals surface area (Å²) < 4.78 is 1.64. The summed E-state index contributed by atoms with van der Waals surface area (Å²) in [6, 6.07) is 0. The highest BCUT2D eigenvalue weighted by Gasteiger charge is 2.09. The van der Waals surface area contributed by atoms with Crippen molar-refractivity contribution in [2.75, 3.05) is 20.1 Å². The van der Waals surface area contributed by atoms with Gasteiger partial charge in [0.05, 0.1) is 18.8 Å². The highest BCUT2D eigenvalue weighted by atomic mass is 127. The third kappa shape index (κ3) is 5.37. The van der Waals surface area contributed by atoms with Crippen molar-refractivity contribution in [2.24, 2.45) is 12.0 Å². The Morgan fingerprint density at radius 1 is 1.67 bits per heavy atom. The van der Waals surface area contributed by atoms with Crippen LogP contribution in [0, 0.1) is 12.3 Å². The molecule has 3 N–H and O–H groups in total. The number of aryl methyl sites for hydroxylation is 1. The number of guanidine groups is 1. The molecule has 1 heterocycles. The summed E-state index contributed by atoms with van der Waals surface area (Å²) in [4.78, 5) is 3.96. The van der Waals surface area contributed by atoms with Crippen molar-refractivity contribution in [1.29, 1.82) is 0 Å². The molecule has 1 atom stereocenters. The van der Waals surface area contributed by atoms with E-state index in [1.54, 1.807) is 31.2 Å². The van der Waals surface area contributed by atoms with Crippen molar-refractivity contribution in [3.8, 4) is 12.3 Å². The molecule has 7 heteroatoms. The second-order valence-electron chi connectivity index (χ2n) is 3.47. The summed E-state index contributed by atoms with van der Waals surface area (Å²) in [6.45, 7) is 0.735. The van der Waals surface area contributed by atoms with Crippen LogP contribution in [0.25, 0.3) is 0 Å². The summed E-state index contributed by atoms with van der Waals surface area (Å²) in [5, 5.41) is 19.7. The quantitative estimate of drug-likeness (QED) is 0.302. The van der Waals surface area contributed by atoms with Crippen molar-refractivity contribution in [2.45, 2.75) is 6.10 Å². The molecule has 1 rings (SSSR count). The third-order valence-corrected chi connectivity index (χ3v) is 2.15. The number of nitrogens with zero attached hydrogens (tertiary/aromatic N) is 3. The van der Waals surface area contributed by atoms with Crippen molar-refractivity contribution in [3.63, 3.8) is 0 Å². The lowest BCUT2D eigenvalue weighted by molar-refractivity contribution is 0.181. The first-order chi connectivity index (χ1) is 8.17. The van der Waals surface area contributed by atoms with Gasteiger partial charge >= 0.3 is 0 Å². The molecule has 0 aromatic carbocycles. The van der Waals surface area contributed by atoms with E-state index in [-0.39, 0.29) is 24.0 Å². The number of aliphatic imine (C=N–C) groups is 1. The van der Waals surface area contributed by atoms with Crippen LogP contribution in [-0.4, -0.2) is 41.0 Å². The highest BCUT2D eigenvalue weighted by molar-refractivity contribution is 14.0. The normalized spacial score (nSPS) is 12.2. The Morgan fingerprint density at radius 3 is 2.89 bits per heavy atom. The summed E-state index contributed by atoms with van der Waals surface area (Å²) in [5.41, 5.74) is 0.757. The first kappa shape index (κ1) is 16.7. The number of hydrogen-bond acceptors (Lipinski definition) is 3.